The number of halogens is 1. The van der Waals surface area contributed by atoms with Gasteiger partial charge in [0.2, 0.25) is 11.7 Å². The summed E-state index contributed by atoms with van der Waals surface area (Å²) in [6, 6.07) is 16.4. The van der Waals surface area contributed by atoms with Gasteiger partial charge in [0.05, 0.1) is 0 Å². The summed E-state index contributed by atoms with van der Waals surface area (Å²) in [4.78, 5) is 30.2. The smallest absolute Gasteiger partial charge is 0.279 e. The van der Waals surface area contributed by atoms with Crippen LogP contribution in [0.3, 0.4) is 0 Å². The molecule has 0 saturated carbocycles. The molecule has 0 aliphatic rings. The predicted molar refractivity (Wildman–Crippen MR) is 121 cm³/mol. The van der Waals surface area contributed by atoms with Crippen molar-refractivity contribution in [2.45, 2.75) is 33.2 Å². The minimum absolute atomic E-state index is 0.173. The van der Waals surface area contributed by atoms with Crippen LogP contribution in [0, 0.1) is 6.92 Å². The average Bonchev–Trinajstić information content (AvgIpc) is 3.22. The summed E-state index contributed by atoms with van der Waals surface area (Å²) >= 11 is 5.88. The number of amides is 1. The molecule has 1 N–H and O–H groups in total. The van der Waals surface area contributed by atoms with Crippen LogP contribution in [-0.4, -0.2) is 25.1 Å². The standard InChI is InChI=1S/C23H22ClN5O2/c1-3-28-15(2)19(13-14-20(30)25-18-11-9-17(24)10-12-18)22(31)29-23(28)26-21(27-29)16-7-5-4-6-8-16/h4-12H,3,13-14H2,1-2H3,(H,25,30). The molecule has 31 heavy (non-hydrogen) atoms. The maximum absolute atomic E-state index is 13.2. The van der Waals surface area contributed by atoms with Crippen molar-refractivity contribution < 1.29 is 4.79 Å². The summed E-state index contributed by atoms with van der Waals surface area (Å²) in [5.41, 5.74) is 2.62. The van der Waals surface area contributed by atoms with Gasteiger partial charge in [-0.2, -0.15) is 9.50 Å². The Labute approximate surface area is 184 Å². The molecule has 4 aromatic rings. The first-order valence-corrected chi connectivity index (χ1v) is 10.5. The minimum Gasteiger partial charge on any atom is -0.326 e. The quantitative estimate of drug-likeness (QED) is 0.494. The molecular weight excluding hydrogens is 414 g/mol. The van der Waals surface area contributed by atoms with Crippen LogP contribution >= 0.6 is 11.6 Å². The topological polar surface area (TPSA) is 81.3 Å². The SMILES string of the molecule is CCn1c(C)c(CCC(=O)Nc2ccc(Cl)cc2)c(=O)n2nc(-c3ccccc3)nc12. The van der Waals surface area contributed by atoms with Crippen molar-refractivity contribution in [1.29, 1.82) is 0 Å². The Balaban J connectivity index is 1.63. The number of hydrogen-bond acceptors (Lipinski definition) is 4. The lowest BCUT2D eigenvalue weighted by molar-refractivity contribution is -0.116. The summed E-state index contributed by atoms with van der Waals surface area (Å²) in [6.07, 6.45) is 0.481. The third-order valence-corrected chi connectivity index (χ3v) is 5.45. The molecule has 8 heteroatoms. The van der Waals surface area contributed by atoms with E-state index in [0.717, 1.165) is 11.3 Å². The monoisotopic (exact) mass is 435 g/mol. The highest BCUT2D eigenvalue weighted by Gasteiger charge is 2.18. The molecule has 0 atom stereocenters. The lowest BCUT2D eigenvalue weighted by atomic mass is 10.1. The second kappa shape index (κ2) is 8.73. The molecule has 0 spiro atoms. The molecule has 2 aromatic carbocycles. The number of nitrogens with zero attached hydrogens (tertiary/aromatic N) is 4. The van der Waals surface area contributed by atoms with Crippen LogP contribution in [0.4, 0.5) is 5.69 Å². The number of carbonyl (C=O) groups excluding carboxylic acids is 1. The van der Waals surface area contributed by atoms with E-state index in [9.17, 15) is 9.59 Å². The third-order valence-electron chi connectivity index (χ3n) is 5.20. The van der Waals surface area contributed by atoms with Gasteiger partial charge in [0.15, 0.2) is 5.82 Å². The molecule has 1 amide bonds. The number of aromatic nitrogens is 4. The second-order valence-corrected chi connectivity index (χ2v) is 7.62. The number of aryl methyl sites for hydroxylation is 1. The highest BCUT2D eigenvalue weighted by atomic mass is 35.5. The van der Waals surface area contributed by atoms with E-state index in [1.165, 1.54) is 4.52 Å². The molecule has 0 unspecified atom stereocenters. The lowest BCUT2D eigenvalue weighted by Crippen LogP contribution is -2.27. The molecule has 0 aliphatic carbocycles. The highest BCUT2D eigenvalue weighted by molar-refractivity contribution is 6.30. The van der Waals surface area contributed by atoms with E-state index in [2.05, 4.69) is 15.4 Å². The lowest BCUT2D eigenvalue weighted by Gasteiger charge is -2.13. The third kappa shape index (κ3) is 4.22. The summed E-state index contributed by atoms with van der Waals surface area (Å²) in [7, 11) is 0. The first-order valence-electron chi connectivity index (χ1n) is 10.1. The van der Waals surface area contributed by atoms with Crippen LogP contribution in [-0.2, 0) is 17.8 Å². The molecule has 0 radical (unpaired) electrons. The fourth-order valence-corrected chi connectivity index (χ4v) is 3.71. The Bertz CT molecular complexity index is 1290. The van der Waals surface area contributed by atoms with Gasteiger partial charge >= 0.3 is 0 Å². The Morgan fingerprint density at radius 1 is 1.10 bits per heavy atom. The van der Waals surface area contributed by atoms with Gasteiger partial charge in [-0.1, -0.05) is 41.9 Å². The van der Waals surface area contributed by atoms with Gasteiger partial charge in [-0.05, 0) is 44.5 Å². The number of hydrogen-bond donors (Lipinski definition) is 1. The predicted octanol–water partition coefficient (Wildman–Crippen LogP) is 4.11. The first-order chi connectivity index (χ1) is 15.0. The zero-order valence-electron chi connectivity index (χ0n) is 17.3. The normalized spacial score (nSPS) is 11.1. The van der Waals surface area contributed by atoms with E-state index < -0.39 is 0 Å². The summed E-state index contributed by atoms with van der Waals surface area (Å²) in [5.74, 6) is 0.822. The number of fused-ring (bicyclic) bond motifs is 1. The first kappa shape index (κ1) is 20.8. The van der Waals surface area contributed by atoms with E-state index in [1.807, 2.05) is 48.7 Å². The van der Waals surface area contributed by atoms with Gasteiger partial charge in [0, 0.05) is 40.5 Å². The van der Waals surface area contributed by atoms with Crippen LogP contribution in [0.1, 0.15) is 24.6 Å². The van der Waals surface area contributed by atoms with E-state index in [-0.39, 0.29) is 17.9 Å². The van der Waals surface area contributed by atoms with Crippen LogP contribution in [0.2, 0.25) is 5.02 Å². The maximum atomic E-state index is 13.2. The Morgan fingerprint density at radius 3 is 2.48 bits per heavy atom. The summed E-state index contributed by atoms with van der Waals surface area (Å²) in [5, 5.41) is 7.89. The fraction of sp³-hybridized carbons (Fsp3) is 0.217. The van der Waals surface area contributed by atoms with Crippen molar-refractivity contribution in [2.75, 3.05) is 5.32 Å². The molecule has 0 fully saturated rings. The van der Waals surface area contributed by atoms with Crippen molar-refractivity contribution >= 4 is 29.0 Å². The van der Waals surface area contributed by atoms with Gasteiger partial charge in [-0.25, -0.2) is 0 Å². The largest absolute Gasteiger partial charge is 0.326 e. The van der Waals surface area contributed by atoms with Crippen molar-refractivity contribution in [1.82, 2.24) is 19.2 Å². The maximum Gasteiger partial charge on any atom is 0.279 e. The van der Waals surface area contributed by atoms with Crippen molar-refractivity contribution in [3.8, 4) is 11.4 Å². The zero-order valence-corrected chi connectivity index (χ0v) is 18.1. The van der Waals surface area contributed by atoms with Crippen molar-refractivity contribution in [2.24, 2.45) is 0 Å². The van der Waals surface area contributed by atoms with Crippen LogP contribution in [0.25, 0.3) is 17.2 Å². The van der Waals surface area contributed by atoms with Gasteiger partial charge in [0.1, 0.15) is 0 Å². The number of nitrogens with one attached hydrogen (secondary N) is 1. The molecule has 0 aliphatic heterocycles. The average molecular weight is 436 g/mol. The molecule has 2 aromatic heterocycles. The second-order valence-electron chi connectivity index (χ2n) is 7.18. The van der Waals surface area contributed by atoms with Crippen LogP contribution < -0.4 is 10.9 Å². The van der Waals surface area contributed by atoms with Crippen molar-refractivity contribution in [3.05, 3.63) is 81.2 Å². The van der Waals surface area contributed by atoms with E-state index in [4.69, 9.17) is 11.6 Å². The Morgan fingerprint density at radius 2 is 1.81 bits per heavy atom. The van der Waals surface area contributed by atoms with Gasteiger partial charge in [0.25, 0.3) is 5.56 Å². The Kier molecular flexibility index (Phi) is 5.86. The van der Waals surface area contributed by atoms with Gasteiger partial charge in [-0.3, -0.25) is 9.59 Å². The molecule has 0 bridgehead atoms. The number of benzene rings is 2. The van der Waals surface area contributed by atoms with Crippen molar-refractivity contribution in [3.63, 3.8) is 0 Å². The van der Waals surface area contributed by atoms with E-state index in [0.29, 0.717) is 40.8 Å². The van der Waals surface area contributed by atoms with E-state index >= 15 is 0 Å². The van der Waals surface area contributed by atoms with Gasteiger partial charge < -0.3 is 9.88 Å². The summed E-state index contributed by atoms with van der Waals surface area (Å²) in [6.45, 7) is 4.51. The molecule has 2 heterocycles. The number of anilines is 1. The Hall–Kier alpha value is -3.45. The molecule has 158 valence electrons. The summed E-state index contributed by atoms with van der Waals surface area (Å²) < 4.78 is 3.29. The zero-order chi connectivity index (χ0) is 22.0. The number of rotatable bonds is 6. The molecule has 7 nitrogen and oxygen atoms in total. The number of carbonyl (C=O) groups is 1. The van der Waals surface area contributed by atoms with Crippen LogP contribution in [0.5, 0.6) is 0 Å². The fourth-order valence-electron chi connectivity index (χ4n) is 3.58. The highest BCUT2D eigenvalue weighted by Crippen LogP contribution is 2.18. The minimum atomic E-state index is -0.244. The van der Waals surface area contributed by atoms with Gasteiger partial charge in [-0.15, -0.1) is 5.10 Å². The molecular formula is C23H22ClN5O2. The molecule has 4 rings (SSSR count). The van der Waals surface area contributed by atoms with E-state index in [1.54, 1.807) is 24.3 Å². The molecule has 0 saturated heterocycles. The van der Waals surface area contributed by atoms with Crippen LogP contribution in [0.15, 0.2) is 59.4 Å².